The fourth-order valence-electron chi connectivity index (χ4n) is 5.38. The molecule has 0 aromatic carbocycles. The van der Waals surface area contributed by atoms with Crippen LogP contribution in [0.3, 0.4) is 0 Å². The molecule has 0 spiro atoms. The van der Waals surface area contributed by atoms with Crippen molar-refractivity contribution >= 4 is 35.1 Å². The van der Waals surface area contributed by atoms with E-state index in [1.165, 1.54) is 0 Å². The average molecular weight is 583 g/mol. The minimum Gasteiger partial charge on any atom is -0.445 e. The first kappa shape index (κ1) is 33.7. The lowest BCUT2D eigenvalue weighted by atomic mass is 9.63. The van der Waals surface area contributed by atoms with E-state index in [2.05, 4.69) is 79.6 Å². The van der Waals surface area contributed by atoms with Gasteiger partial charge in [-0.25, -0.2) is 4.79 Å². The topological polar surface area (TPSA) is 94.2 Å². The molecule has 1 N–H and O–H groups in total. The zero-order chi connectivity index (χ0) is 30.0. The molecule has 39 heavy (non-hydrogen) atoms. The van der Waals surface area contributed by atoms with Crippen molar-refractivity contribution < 1.29 is 28.0 Å². The molecular formula is C29H54N2O6Si2. The van der Waals surface area contributed by atoms with E-state index < -0.39 is 29.1 Å². The van der Waals surface area contributed by atoms with Gasteiger partial charge in [0.1, 0.15) is 12.4 Å². The van der Waals surface area contributed by atoms with Gasteiger partial charge in [-0.15, -0.1) is 0 Å². The number of rotatable bonds is 12. The van der Waals surface area contributed by atoms with Crippen molar-refractivity contribution in [3.05, 3.63) is 12.7 Å². The zero-order valence-electron chi connectivity index (χ0n) is 26.3. The van der Waals surface area contributed by atoms with Crippen LogP contribution in [0.5, 0.6) is 0 Å². The quantitative estimate of drug-likeness (QED) is 0.191. The zero-order valence-corrected chi connectivity index (χ0v) is 28.5. The summed E-state index contributed by atoms with van der Waals surface area (Å²) in [6.45, 7) is 28.2. The van der Waals surface area contributed by atoms with Crippen molar-refractivity contribution in [2.75, 3.05) is 19.8 Å². The van der Waals surface area contributed by atoms with Gasteiger partial charge in [-0.05, 0) is 55.9 Å². The molecule has 0 bridgehead atoms. The Morgan fingerprint density at radius 3 is 2.23 bits per heavy atom. The summed E-state index contributed by atoms with van der Waals surface area (Å²) in [4.78, 5) is 40.6. The molecule has 0 aromatic heterocycles. The number of ketones is 1. The second kappa shape index (κ2) is 12.6. The number of amides is 2. The number of likely N-dealkylation sites (tertiary alicyclic amines) is 1. The molecule has 0 saturated carbocycles. The number of Topliss-reactive ketones (excluding diaryl/α,β-unsaturated/α-hetero) is 1. The Labute approximate surface area is 239 Å². The maximum Gasteiger partial charge on any atom is 0.410 e. The monoisotopic (exact) mass is 582 g/mol. The first-order valence-electron chi connectivity index (χ1n) is 14.4. The van der Waals surface area contributed by atoms with Gasteiger partial charge in [-0.2, -0.15) is 0 Å². The van der Waals surface area contributed by atoms with Crippen molar-refractivity contribution in [1.29, 1.82) is 0 Å². The van der Waals surface area contributed by atoms with Crippen molar-refractivity contribution in [1.82, 2.24) is 10.2 Å². The molecule has 224 valence electrons. The van der Waals surface area contributed by atoms with Crippen LogP contribution in [0.1, 0.15) is 67.7 Å². The normalized spacial score (nSPS) is 25.6. The Bertz CT molecular complexity index is 910. The van der Waals surface area contributed by atoms with E-state index in [4.69, 9.17) is 13.6 Å². The summed E-state index contributed by atoms with van der Waals surface area (Å²) in [6, 6.07) is -0.381. The number of nitrogens with one attached hydrogen (secondary N) is 1. The molecule has 0 unspecified atom stereocenters. The predicted molar refractivity (Wildman–Crippen MR) is 161 cm³/mol. The number of hydrogen-bond acceptors (Lipinski definition) is 6. The van der Waals surface area contributed by atoms with Crippen LogP contribution in [0.4, 0.5) is 4.79 Å². The Balaban J connectivity index is 2.10. The van der Waals surface area contributed by atoms with Crippen LogP contribution >= 0.6 is 0 Å². The van der Waals surface area contributed by atoms with Gasteiger partial charge in [-0.1, -0.05) is 54.2 Å². The van der Waals surface area contributed by atoms with E-state index >= 15 is 0 Å². The molecule has 2 rings (SSSR count). The average Bonchev–Trinajstić information content (AvgIpc) is 3.16. The highest BCUT2D eigenvalue weighted by atomic mass is 28.4. The fraction of sp³-hybridized carbons (Fsp3) is 0.828. The molecule has 0 aromatic rings. The first-order chi connectivity index (χ1) is 17.7. The van der Waals surface area contributed by atoms with E-state index in [1.807, 2.05) is 6.92 Å². The summed E-state index contributed by atoms with van der Waals surface area (Å²) >= 11 is 0. The molecule has 2 fully saturated rings. The van der Waals surface area contributed by atoms with Gasteiger partial charge >= 0.3 is 6.09 Å². The minimum atomic E-state index is -2.01. The summed E-state index contributed by atoms with van der Waals surface area (Å²) in [5, 5.41) is 3.03. The summed E-state index contributed by atoms with van der Waals surface area (Å²) in [7, 11) is -3.45. The molecular weight excluding hydrogens is 528 g/mol. The minimum absolute atomic E-state index is 0.0179. The van der Waals surface area contributed by atoms with Crippen LogP contribution < -0.4 is 5.32 Å². The summed E-state index contributed by atoms with van der Waals surface area (Å²) in [6.07, 6.45) is 2.47. The van der Waals surface area contributed by atoms with E-state index in [9.17, 15) is 14.4 Å². The van der Waals surface area contributed by atoms with E-state index in [-0.39, 0.29) is 59.1 Å². The van der Waals surface area contributed by atoms with E-state index in [0.717, 1.165) is 0 Å². The third-order valence-corrected chi connectivity index (χ3v) is 14.5. The second-order valence-electron chi connectivity index (χ2n) is 14.4. The Kier molecular flexibility index (Phi) is 10.9. The Morgan fingerprint density at radius 1 is 1.13 bits per heavy atom. The van der Waals surface area contributed by atoms with Crippen molar-refractivity contribution in [3.8, 4) is 0 Å². The Morgan fingerprint density at radius 2 is 1.74 bits per heavy atom. The second-order valence-corrected chi connectivity index (χ2v) is 21.6. The molecule has 10 heteroatoms. The van der Waals surface area contributed by atoms with Crippen LogP contribution in [-0.4, -0.2) is 77.5 Å². The number of carbonyl (C=O) groups excluding carboxylic acids is 3. The largest absolute Gasteiger partial charge is 0.445 e. The third kappa shape index (κ3) is 8.04. The van der Waals surface area contributed by atoms with Crippen LogP contribution in [0.15, 0.2) is 12.7 Å². The molecule has 2 heterocycles. The highest BCUT2D eigenvalue weighted by molar-refractivity contribution is 6.74. The van der Waals surface area contributed by atoms with Crippen LogP contribution in [0.25, 0.3) is 0 Å². The van der Waals surface area contributed by atoms with Crippen molar-refractivity contribution in [3.63, 3.8) is 0 Å². The molecule has 2 aliphatic heterocycles. The lowest BCUT2D eigenvalue weighted by Crippen LogP contribution is -2.70. The SMILES string of the molecule is C=CCOC(=O)N1C[C@@H](CC(=O)C[C@H]2NC(=O)[C@@H]2[C@@](C)(O[SiH](C)C)C(C)(C)C)C[C@H]1CO[Si](C)(C)C(C)(C)C. The predicted octanol–water partition coefficient (Wildman–Crippen LogP) is 5.29. The summed E-state index contributed by atoms with van der Waals surface area (Å²) in [5.74, 6) is -0.293. The molecule has 5 atom stereocenters. The lowest BCUT2D eigenvalue weighted by Gasteiger charge is -2.54. The fourth-order valence-corrected chi connectivity index (χ4v) is 7.90. The highest BCUT2D eigenvalue weighted by Crippen LogP contribution is 2.45. The molecule has 8 nitrogen and oxygen atoms in total. The number of β-lactam (4-membered cyclic amide) rings is 1. The standard InChI is InChI=1S/C29H54N2O6Si2/c1-13-14-35-26(34)31-18-20(15-21(31)19-36-39(11,12)28(5,6)7)16-22(32)17-23-24(25(33)30-23)29(8,27(2,3)4)37-38(9)10/h13,20-21,23-24,38H,1,14-19H2,2-12H3,(H,30,33)/t20-,21+,23-,24-,29-/m1/s1. The van der Waals surface area contributed by atoms with Crippen molar-refractivity contribution in [2.24, 2.45) is 17.3 Å². The molecule has 2 saturated heterocycles. The van der Waals surface area contributed by atoms with Crippen LogP contribution in [0, 0.1) is 17.3 Å². The van der Waals surface area contributed by atoms with Gasteiger partial charge in [0.25, 0.3) is 0 Å². The highest BCUT2D eigenvalue weighted by Gasteiger charge is 2.57. The molecule has 2 aliphatic rings. The third-order valence-electron chi connectivity index (χ3n) is 9.04. The van der Waals surface area contributed by atoms with Gasteiger partial charge < -0.3 is 23.8 Å². The number of carbonyl (C=O) groups is 3. The maximum absolute atomic E-state index is 13.3. The van der Waals surface area contributed by atoms with Gasteiger partial charge in [0, 0.05) is 19.4 Å². The Hall–Kier alpha value is -1.50. The van der Waals surface area contributed by atoms with Crippen molar-refractivity contribution in [2.45, 2.75) is 117 Å². The summed E-state index contributed by atoms with van der Waals surface area (Å²) in [5.41, 5.74) is -0.908. The first-order valence-corrected chi connectivity index (χ1v) is 20.1. The molecule has 0 aliphatic carbocycles. The molecule has 2 amide bonds. The van der Waals surface area contributed by atoms with Crippen LogP contribution in [-0.2, 0) is 23.2 Å². The van der Waals surface area contributed by atoms with Gasteiger partial charge in [0.2, 0.25) is 5.91 Å². The smallest absolute Gasteiger partial charge is 0.410 e. The number of nitrogens with zero attached hydrogens (tertiary/aromatic N) is 1. The molecule has 0 radical (unpaired) electrons. The summed E-state index contributed by atoms with van der Waals surface area (Å²) < 4.78 is 18.3. The number of hydrogen-bond donors (Lipinski definition) is 1. The van der Waals surface area contributed by atoms with Gasteiger partial charge in [0.05, 0.1) is 30.2 Å². The van der Waals surface area contributed by atoms with E-state index in [1.54, 1.807) is 11.0 Å². The van der Waals surface area contributed by atoms with Crippen LogP contribution in [0.2, 0.25) is 31.2 Å². The lowest BCUT2D eigenvalue weighted by molar-refractivity contribution is -0.160. The van der Waals surface area contributed by atoms with Gasteiger partial charge in [-0.3, -0.25) is 9.59 Å². The van der Waals surface area contributed by atoms with Gasteiger partial charge in [0.15, 0.2) is 17.4 Å². The van der Waals surface area contributed by atoms with E-state index in [0.29, 0.717) is 26.0 Å². The number of ether oxygens (including phenoxy) is 1. The maximum atomic E-state index is 13.3.